The second-order valence-corrected chi connectivity index (χ2v) is 5.43. The number of nitrogens with one attached hydrogen (secondary N) is 1. The van der Waals surface area contributed by atoms with Gasteiger partial charge in [0.2, 0.25) is 5.91 Å². The summed E-state index contributed by atoms with van der Waals surface area (Å²) in [4.78, 5) is 11.8. The van der Waals surface area contributed by atoms with E-state index in [2.05, 4.69) is 5.32 Å². The summed E-state index contributed by atoms with van der Waals surface area (Å²) in [6, 6.07) is 11.6. The minimum Gasteiger partial charge on any atom is -0.355 e. The summed E-state index contributed by atoms with van der Waals surface area (Å²) >= 11 is 11.7. The smallest absolute Gasteiger partial charge is 0.224 e. The van der Waals surface area contributed by atoms with Crippen molar-refractivity contribution in [2.24, 2.45) is 0 Å². The SMILES string of the molecule is O=C(Cc1ccc(Cl)c(Cl)c1)NCCc1ccccc1F. The molecular weight excluding hydrogens is 312 g/mol. The van der Waals surface area contributed by atoms with E-state index >= 15 is 0 Å². The fraction of sp³-hybridized carbons (Fsp3) is 0.188. The average molecular weight is 326 g/mol. The number of amides is 1. The van der Waals surface area contributed by atoms with Gasteiger partial charge in [-0.05, 0) is 35.7 Å². The number of carbonyl (C=O) groups is 1. The molecule has 0 aliphatic heterocycles. The van der Waals surface area contributed by atoms with Crippen molar-refractivity contribution in [2.45, 2.75) is 12.8 Å². The van der Waals surface area contributed by atoms with E-state index in [1.54, 1.807) is 36.4 Å². The zero-order valence-corrected chi connectivity index (χ0v) is 12.7. The Morgan fingerprint density at radius 1 is 1.10 bits per heavy atom. The van der Waals surface area contributed by atoms with Crippen LogP contribution in [0.5, 0.6) is 0 Å². The van der Waals surface area contributed by atoms with Crippen molar-refractivity contribution in [1.29, 1.82) is 0 Å². The second-order valence-electron chi connectivity index (χ2n) is 4.62. The van der Waals surface area contributed by atoms with Gasteiger partial charge in [-0.15, -0.1) is 0 Å². The first-order valence-electron chi connectivity index (χ1n) is 6.50. The zero-order valence-electron chi connectivity index (χ0n) is 11.2. The molecule has 0 aliphatic carbocycles. The van der Waals surface area contributed by atoms with Crippen LogP contribution < -0.4 is 5.32 Å². The number of hydrogen-bond donors (Lipinski definition) is 1. The predicted octanol–water partition coefficient (Wildman–Crippen LogP) is 4.03. The van der Waals surface area contributed by atoms with Crippen LogP contribution in [0.1, 0.15) is 11.1 Å². The van der Waals surface area contributed by atoms with Crippen LogP contribution in [0.4, 0.5) is 4.39 Å². The normalized spacial score (nSPS) is 10.4. The van der Waals surface area contributed by atoms with E-state index in [4.69, 9.17) is 23.2 Å². The fourth-order valence-corrected chi connectivity index (χ4v) is 2.26. The summed E-state index contributed by atoms with van der Waals surface area (Å²) in [5, 5.41) is 3.64. The van der Waals surface area contributed by atoms with E-state index in [-0.39, 0.29) is 18.1 Å². The summed E-state index contributed by atoms with van der Waals surface area (Å²) in [6.45, 7) is 0.390. The van der Waals surface area contributed by atoms with E-state index in [1.807, 2.05) is 0 Å². The number of carbonyl (C=O) groups excluding carboxylic acids is 1. The summed E-state index contributed by atoms with van der Waals surface area (Å²) < 4.78 is 13.4. The summed E-state index contributed by atoms with van der Waals surface area (Å²) in [6.07, 6.45) is 0.675. The van der Waals surface area contributed by atoms with Crippen molar-refractivity contribution in [2.75, 3.05) is 6.54 Å². The number of rotatable bonds is 5. The molecule has 2 rings (SSSR count). The molecule has 1 N–H and O–H groups in total. The van der Waals surface area contributed by atoms with E-state index in [9.17, 15) is 9.18 Å². The Bertz CT molecular complexity index is 646. The van der Waals surface area contributed by atoms with Crippen molar-refractivity contribution in [3.63, 3.8) is 0 Å². The zero-order chi connectivity index (χ0) is 15.2. The van der Waals surface area contributed by atoms with Crippen molar-refractivity contribution in [3.8, 4) is 0 Å². The van der Waals surface area contributed by atoms with E-state index in [0.29, 0.717) is 28.6 Å². The highest BCUT2D eigenvalue weighted by Gasteiger charge is 2.06. The third-order valence-electron chi connectivity index (χ3n) is 3.02. The molecule has 0 bridgehead atoms. The van der Waals surface area contributed by atoms with Gasteiger partial charge in [0.05, 0.1) is 16.5 Å². The molecule has 0 aliphatic rings. The molecule has 1 amide bonds. The molecule has 0 saturated carbocycles. The Morgan fingerprint density at radius 3 is 2.57 bits per heavy atom. The highest BCUT2D eigenvalue weighted by atomic mass is 35.5. The van der Waals surface area contributed by atoms with Crippen LogP contribution in [0.2, 0.25) is 10.0 Å². The lowest BCUT2D eigenvalue weighted by atomic mass is 10.1. The molecule has 5 heteroatoms. The Hall–Kier alpha value is -1.58. The first-order valence-corrected chi connectivity index (χ1v) is 7.26. The lowest BCUT2D eigenvalue weighted by Gasteiger charge is -2.07. The number of halogens is 3. The summed E-state index contributed by atoms with van der Waals surface area (Å²) in [5.41, 5.74) is 1.38. The van der Waals surface area contributed by atoms with Crippen LogP contribution in [-0.4, -0.2) is 12.5 Å². The van der Waals surface area contributed by atoms with Gasteiger partial charge in [-0.25, -0.2) is 4.39 Å². The van der Waals surface area contributed by atoms with E-state index in [0.717, 1.165) is 5.56 Å². The van der Waals surface area contributed by atoms with E-state index in [1.165, 1.54) is 6.07 Å². The van der Waals surface area contributed by atoms with Gasteiger partial charge in [-0.1, -0.05) is 47.5 Å². The highest BCUT2D eigenvalue weighted by molar-refractivity contribution is 6.42. The third-order valence-corrected chi connectivity index (χ3v) is 3.76. The molecule has 0 spiro atoms. The Morgan fingerprint density at radius 2 is 1.86 bits per heavy atom. The van der Waals surface area contributed by atoms with Crippen LogP contribution in [0.25, 0.3) is 0 Å². The van der Waals surface area contributed by atoms with E-state index < -0.39 is 0 Å². The minimum absolute atomic E-state index is 0.135. The molecule has 0 unspecified atom stereocenters. The Balaban J connectivity index is 1.82. The maximum absolute atomic E-state index is 13.4. The van der Waals surface area contributed by atoms with Crippen molar-refractivity contribution in [3.05, 3.63) is 69.5 Å². The molecule has 21 heavy (non-hydrogen) atoms. The predicted molar refractivity (Wildman–Crippen MR) is 83.3 cm³/mol. The van der Waals surface area contributed by atoms with Gasteiger partial charge in [0, 0.05) is 6.54 Å². The van der Waals surface area contributed by atoms with Crippen molar-refractivity contribution < 1.29 is 9.18 Å². The van der Waals surface area contributed by atoms with Gasteiger partial charge >= 0.3 is 0 Å². The number of hydrogen-bond acceptors (Lipinski definition) is 1. The molecule has 0 radical (unpaired) electrons. The summed E-state index contributed by atoms with van der Waals surface area (Å²) in [7, 11) is 0. The van der Waals surface area contributed by atoms with Gasteiger partial charge in [-0.3, -0.25) is 4.79 Å². The topological polar surface area (TPSA) is 29.1 Å². The second kappa shape index (κ2) is 7.43. The average Bonchev–Trinajstić information content (AvgIpc) is 2.45. The van der Waals surface area contributed by atoms with Crippen molar-refractivity contribution >= 4 is 29.1 Å². The first-order chi connectivity index (χ1) is 10.1. The van der Waals surface area contributed by atoms with Crippen LogP contribution in [-0.2, 0) is 17.6 Å². The fourth-order valence-electron chi connectivity index (χ4n) is 1.94. The Labute approximate surface area is 132 Å². The monoisotopic (exact) mass is 325 g/mol. The molecule has 2 aromatic rings. The third kappa shape index (κ3) is 4.73. The van der Waals surface area contributed by atoms with Crippen LogP contribution >= 0.6 is 23.2 Å². The maximum Gasteiger partial charge on any atom is 0.224 e. The minimum atomic E-state index is -0.253. The van der Waals surface area contributed by atoms with Gasteiger partial charge < -0.3 is 5.32 Å². The molecule has 110 valence electrons. The van der Waals surface area contributed by atoms with Gasteiger partial charge in [0.1, 0.15) is 5.82 Å². The largest absolute Gasteiger partial charge is 0.355 e. The van der Waals surface area contributed by atoms with Gasteiger partial charge in [0.25, 0.3) is 0 Å². The maximum atomic E-state index is 13.4. The molecule has 0 aromatic heterocycles. The molecule has 0 atom stereocenters. The standard InChI is InChI=1S/C16H14Cl2FNO/c17-13-6-5-11(9-14(13)18)10-16(21)20-8-7-12-3-1-2-4-15(12)19/h1-6,9H,7-8,10H2,(H,20,21). The summed E-state index contributed by atoms with van der Waals surface area (Å²) in [5.74, 6) is -0.388. The van der Waals surface area contributed by atoms with Crippen molar-refractivity contribution in [1.82, 2.24) is 5.32 Å². The molecule has 2 nitrogen and oxygen atoms in total. The van der Waals surface area contributed by atoms with Gasteiger partial charge in [0.15, 0.2) is 0 Å². The first kappa shape index (κ1) is 15.8. The molecule has 2 aromatic carbocycles. The lowest BCUT2D eigenvalue weighted by Crippen LogP contribution is -2.27. The van der Waals surface area contributed by atoms with Crippen LogP contribution in [0.3, 0.4) is 0 Å². The van der Waals surface area contributed by atoms with Crippen LogP contribution in [0.15, 0.2) is 42.5 Å². The highest BCUT2D eigenvalue weighted by Crippen LogP contribution is 2.22. The Kier molecular flexibility index (Phi) is 5.59. The van der Waals surface area contributed by atoms with Gasteiger partial charge in [-0.2, -0.15) is 0 Å². The molecular formula is C16H14Cl2FNO. The quantitative estimate of drug-likeness (QED) is 0.883. The number of benzene rings is 2. The van der Waals surface area contributed by atoms with Crippen LogP contribution in [0, 0.1) is 5.82 Å². The molecule has 0 saturated heterocycles. The molecule has 0 fully saturated rings. The molecule has 0 heterocycles. The lowest BCUT2D eigenvalue weighted by molar-refractivity contribution is -0.120.